The summed E-state index contributed by atoms with van der Waals surface area (Å²) >= 11 is 1.64. The van der Waals surface area contributed by atoms with E-state index in [4.69, 9.17) is 4.74 Å². The average Bonchev–Trinajstić information content (AvgIpc) is 2.90. The molecule has 0 aliphatic carbocycles. The summed E-state index contributed by atoms with van der Waals surface area (Å²) in [6, 6.07) is 5.56. The number of pyridine rings is 1. The van der Waals surface area contributed by atoms with Crippen LogP contribution in [-0.4, -0.2) is 17.6 Å². The zero-order valence-corrected chi connectivity index (χ0v) is 13.0. The molecule has 2 aromatic rings. The summed E-state index contributed by atoms with van der Waals surface area (Å²) in [5, 5.41) is 7.68. The predicted molar refractivity (Wildman–Crippen MR) is 83.5 cm³/mol. The number of rotatable bonds is 6. The molecule has 0 bridgehead atoms. The van der Waals surface area contributed by atoms with Gasteiger partial charge in [-0.05, 0) is 36.9 Å². The molecule has 2 N–H and O–H groups in total. The molecular formula is C15H19N3O2S. The van der Waals surface area contributed by atoms with Crippen molar-refractivity contribution in [3.8, 4) is 5.88 Å². The Bertz CT molecular complexity index is 598. The molecule has 0 atom stereocenters. The maximum atomic E-state index is 11.8. The van der Waals surface area contributed by atoms with E-state index in [2.05, 4.69) is 15.6 Å². The van der Waals surface area contributed by atoms with Crippen LogP contribution in [0.2, 0.25) is 0 Å². The van der Waals surface area contributed by atoms with Crippen molar-refractivity contribution in [1.29, 1.82) is 0 Å². The van der Waals surface area contributed by atoms with Crippen LogP contribution in [0.4, 0.5) is 4.79 Å². The highest BCUT2D eigenvalue weighted by molar-refractivity contribution is 7.10. The molecule has 6 heteroatoms. The molecule has 112 valence electrons. The van der Waals surface area contributed by atoms with Gasteiger partial charge in [-0.25, -0.2) is 9.78 Å². The first-order valence-corrected chi connectivity index (χ1v) is 7.70. The maximum absolute atomic E-state index is 11.8. The highest BCUT2D eigenvalue weighted by Gasteiger charge is 2.07. The minimum atomic E-state index is -0.200. The van der Waals surface area contributed by atoms with Crippen molar-refractivity contribution in [3.63, 3.8) is 0 Å². The summed E-state index contributed by atoms with van der Waals surface area (Å²) in [5.74, 6) is 0.564. The lowest BCUT2D eigenvalue weighted by atomic mass is 10.2. The van der Waals surface area contributed by atoms with Crippen molar-refractivity contribution in [2.75, 3.05) is 6.61 Å². The zero-order valence-electron chi connectivity index (χ0n) is 12.2. The zero-order chi connectivity index (χ0) is 15.1. The van der Waals surface area contributed by atoms with Crippen molar-refractivity contribution in [2.45, 2.75) is 26.9 Å². The van der Waals surface area contributed by atoms with Crippen molar-refractivity contribution < 1.29 is 9.53 Å². The van der Waals surface area contributed by atoms with Gasteiger partial charge in [0.1, 0.15) is 0 Å². The van der Waals surface area contributed by atoms with Gasteiger partial charge in [-0.15, -0.1) is 11.3 Å². The number of hydrogen-bond acceptors (Lipinski definition) is 4. The van der Waals surface area contributed by atoms with Gasteiger partial charge in [0.05, 0.1) is 13.2 Å². The summed E-state index contributed by atoms with van der Waals surface area (Å²) in [6.07, 6.45) is 1.67. The Balaban J connectivity index is 1.82. The third kappa shape index (κ3) is 4.46. The number of urea groups is 1. The molecule has 0 unspecified atom stereocenters. The number of ether oxygens (including phenoxy) is 1. The molecule has 0 fully saturated rings. The number of carbonyl (C=O) groups is 1. The Hall–Kier alpha value is -2.08. The normalized spacial score (nSPS) is 10.2. The van der Waals surface area contributed by atoms with Crippen molar-refractivity contribution >= 4 is 17.4 Å². The molecule has 2 rings (SSSR count). The molecule has 0 aliphatic rings. The fraction of sp³-hybridized carbons (Fsp3) is 0.333. The number of carbonyl (C=O) groups excluding carboxylic acids is 1. The van der Waals surface area contributed by atoms with Crippen LogP contribution in [0.1, 0.15) is 22.9 Å². The van der Waals surface area contributed by atoms with Gasteiger partial charge in [-0.3, -0.25) is 0 Å². The molecule has 5 nitrogen and oxygen atoms in total. The van der Waals surface area contributed by atoms with Crippen LogP contribution in [0.5, 0.6) is 5.88 Å². The van der Waals surface area contributed by atoms with Gasteiger partial charge in [0, 0.05) is 23.2 Å². The fourth-order valence-electron chi connectivity index (χ4n) is 1.81. The molecular weight excluding hydrogens is 286 g/mol. The van der Waals surface area contributed by atoms with Gasteiger partial charge in [-0.2, -0.15) is 0 Å². The average molecular weight is 305 g/mol. The van der Waals surface area contributed by atoms with Crippen LogP contribution in [0.3, 0.4) is 0 Å². The van der Waals surface area contributed by atoms with E-state index in [1.54, 1.807) is 17.5 Å². The van der Waals surface area contributed by atoms with Crippen LogP contribution in [-0.2, 0) is 13.1 Å². The van der Waals surface area contributed by atoms with Gasteiger partial charge < -0.3 is 15.4 Å². The number of amides is 2. The first-order valence-electron chi connectivity index (χ1n) is 6.82. The summed E-state index contributed by atoms with van der Waals surface area (Å²) in [6.45, 7) is 5.42. The standard InChI is InChI=1S/C15H19N3O2S/c1-3-20-14-12(5-4-7-16-14)9-17-15(19)18-10-13-11(2)6-8-21-13/h4-8H,3,9-10H2,1-2H3,(H2,17,18,19). The minimum Gasteiger partial charge on any atom is -0.478 e. The number of nitrogens with one attached hydrogen (secondary N) is 2. The van der Waals surface area contributed by atoms with Gasteiger partial charge in [-0.1, -0.05) is 6.07 Å². The summed E-state index contributed by atoms with van der Waals surface area (Å²) < 4.78 is 5.42. The Kier molecular flexibility index (Phi) is 5.57. The lowest BCUT2D eigenvalue weighted by Crippen LogP contribution is -2.34. The topological polar surface area (TPSA) is 63.2 Å². The smallest absolute Gasteiger partial charge is 0.315 e. The second kappa shape index (κ2) is 7.64. The van der Waals surface area contributed by atoms with Gasteiger partial charge in [0.15, 0.2) is 0 Å². The number of thiophene rings is 1. The summed E-state index contributed by atoms with van der Waals surface area (Å²) in [7, 11) is 0. The van der Waals surface area contributed by atoms with Crippen LogP contribution < -0.4 is 15.4 Å². The molecule has 0 aliphatic heterocycles. The highest BCUT2D eigenvalue weighted by Crippen LogP contribution is 2.15. The van der Waals surface area contributed by atoms with E-state index in [1.807, 2.05) is 37.4 Å². The second-order valence-electron chi connectivity index (χ2n) is 4.46. The van der Waals surface area contributed by atoms with E-state index in [0.29, 0.717) is 25.6 Å². The number of hydrogen-bond donors (Lipinski definition) is 2. The highest BCUT2D eigenvalue weighted by atomic mass is 32.1. The SMILES string of the molecule is CCOc1ncccc1CNC(=O)NCc1sccc1C. The minimum absolute atomic E-state index is 0.200. The largest absolute Gasteiger partial charge is 0.478 e. The monoisotopic (exact) mass is 305 g/mol. The van der Waals surface area contributed by atoms with Crippen molar-refractivity contribution in [3.05, 3.63) is 45.8 Å². The molecule has 2 aromatic heterocycles. The first-order chi connectivity index (χ1) is 10.2. The molecule has 2 amide bonds. The molecule has 0 aromatic carbocycles. The molecule has 0 radical (unpaired) electrons. The van der Waals surface area contributed by atoms with Gasteiger partial charge >= 0.3 is 6.03 Å². The number of aryl methyl sites for hydroxylation is 1. The maximum Gasteiger partial charge on any atom is 0.315 e. The van der Waals surface area contributed by atoms with E-state index >= 15 is 0 Å². The predicted octanol–water partition coefficient (Wildman–Crippen LogP) is 2.85. The third-order valence-electron chi connectivity index (χ3n) is 2.95. The van der Waals surface area contributed by atoms with E-state index in [9.17, 15) is 4.79 Å². The molecule has 0 spiro atoms. The van der Waals surface area contributed by atoms with E-state index < -0.39 is 0 Å². The quantitative estimate of drug-likeness (QED) is 0.862. The first kappa shape index (κ1) is 15.3. The molecule has 2 heterocycles. The van der Waals surface area contributed by atoms with E-state index in [-0.39, 0.29) is 6.03 Å². The second-order valence-corrected chi connectivity index (χ2v) is 5.46. The van der Waals surface area contributed by atoms with Gasteiger partial charge in [0.2, 0.25) is 5.88 Å². The molecule has 21 heavy (non-hydrogen) atoms. The van der Waals surface area contributed by atoms with Crippen LogP contribution in [0.25, 0.3) is 0 Å². The third-order valence-corrected chi connectivity index (χ3v) is 3.97. The Morgan fingerprint density at radius 2 is 2.14 bits per heavy atom. The van der Waals surface area contributed by atoms with Crippen LogP contribution in [0.15, 0.2) is 29.8 Å². The molecule has 0 saturated carbocycles. The van der Waals surface area contributed by atoms with Crippen LogP contribution >= 0.6 is 11.3 Å². The summed E-state index contributed by atoms with van der Waals surface area (Å²) in [4.78, 5) is 17.1. The Morgan fingerprint density at radius 3 is 2.86 bits per heavy atom. The number of aromatic nitrogens is 1. The Labute approximate surface area is 128 Å². The lowest BCUT2D eigenvalue weighted by molar-refractivity contribution is 0.240. The van der Waals surface area contributed by atoms with Gasteiger partial charge in [0.25, 0.3) is 0 Å². The summed E-state index contributed by atoms with van der Waals surface area (Å²) in [5.41, 5.74) is 2.06. The van der Waals surface area contributed by atoms with E-state index in [0.717, 1.165) is 5.56 Å². The molecule has 0 saturated heterocycles. The fourth-order valence-corrected chi connectivity index (χ4v) is 2.65. The lowest BCUT2D eigenvalue weighted by Gasteiger charge is -2.10. The Morgan fingerprint density at radius 1 is 1.33 bits per heavy atom. The van der Waals surface area contributed by atoms with Crippen molar-refractivity contribution in [1.82, 2.24) is 15.6 Å². The van der Waals surface area contributed by atoms with Crippen LogP contribution in [0, 0.1) is 6.92 Å². The van der Waals surface area contributed by atoms with E-state index in [1.165, 1.54) is 10.4 Å². The number of nitrogens with zero attached hydrogens (tertiary/aromatic N) is 1. The van der Waals surface area contributed by atoms with Crippen molar-refractivity contribution in [2.24, 2.45) is 0 Å².